The molecule has 124 valence electrons. The van der Waals surface area contributed by atoms with E-state index in [1.54, 1.807) is 0 Å². The number of hydrogen-bond acceptors (Lipinski definition) is 3. The van der Waals surface area contributed by atoms with Gasteiger partial charge in [-0.3, -0.25) is 9.89 Å². The first-order valence-corrected chi connectivity index (χ1v) is 8.31. The Morgan fingerprint density at radius 1 is 1.14 bits per heavy atom. The van der Waals surface area contributed by atoms with Crippen LogP contribution >= 0.6 is 0 Å². The number of ether oxygens (including phenoxy) is 1. The number of nitrogens with one attached hydrogen (secondary N) is 2. The average molecular weight is 298 g/mol. The molecule has 1 fully saturated rings. The Labute approximate surface area is 130 Å². The van der Waals surface area contributed by atoms with Crippen molar-refractivity contribution in [1.82, 2.24) is 15.5 Å². The Kier molecular flexibility index (Phi) is 8.69. The summed E-state index contributed by atoms with van der Waals surface area (Å²) < 4.78 is 5.45. The van der Waals surface area contributed by atoms with Crippen LogP contribution in [-0.4, -0.2) is 63.3 Å². The lowest BCUT2D eigenvalue weighted by Crippen LogP contribution is -2.52. The predicted octanol–water partition coefficient (Wildman–Crippen LogP) is 1.55. The molecule has 1 heterocycles. The Morgan fingerprint density at radius 2 is 1.81 bits per heavy atom. The first kappa shape index (κ1) is 18.2. The molecule has 1 aliphatic heterocycles. The predicted molar refractivity (Wildman–Crippen MR) is 89.8 cm³/mol. The molecule has 1 unspecified atom stereocenters. The molecule has 1 rings (SSSR count). The summed E-state index contributed by atoms with van der Waals surface area (Å²) in [6.45, 7) is 14.7. The summed E-state index contributed by atoms with van der Waals surface area (Å²) in [5.74, 6) is 2.24. The molecule has 0 aromatic carbocycles. The lowest BCUT2D eigenvalue weighted by molar-refractivity contribution is 0.00752. The SMILES string of the molecule is CN=C(NCCC(C)C)NCC(C(C)C)N1CCOCC1. The van der Waals surface area contributed by atoms with Crippen LogP contribution in [0.2, 0.25) is 0 Å². The molecular formula is C16H34N4O. The maximum Gasteiger partial charge on any atom is 0.191 e. The van der Waals surface area contributed by atoms with Gasteiger partial charge in [-0.05, 0) is 18.3 Å². The maximum absolute atomic E-state index is 5.45. The van der Waals surface area contributed by atoms with Crippen molar-refractivity contribution in [2.75, 3.05) is 46.4 Å². The molecule has 1 saturated heterocycles. The lowest BCUT2D eigenvalue weighted by Gasteiger charge is -2.37. The first-order valence-electron chi connectivity index (χ1n) is 8.31. The van der Waals surface area contributed by atoms with Crippen molar-refractivity contribution in [2.24, 2.45) is 16.8 Å². The van der Waals surface area contributed by atoms with E-state index < -0.39 is 0 Å². The van der Waals surface area contributed by atoms with Crippen LogP contribution in [0.3, 0.4) is 0 Å². The van der Waals surface area contributed by atoms with Crippen LogP contribution in [0, 0.1) is 11.8 Å². The maximum atomic E-state index is 5.45. The van der Waals surface area contributed by atoms with Crippen LogP contribution in [-0.2, 0) is 4.74 Å². The molecule has 0 radical (unpaired) electrons. The summed E-state index contributed by atoms with van der Waals surface area (Å²) in [5, 5.41) is 6.87. The Balaban J connectivity index is 2.39. The van der Waals surface area contributed by atoms with Crippen LogP contribution in [0.4, 0.5) is 0 Å². The van der Waals surface area contributed by atoms with Gasteiger partial charge in [-0.1, -0.05) is 27.7 Å². The van der Waals surface area contributed by atoms with E-state index in [-0.39, 0.29) is 0 Å². The van der Waals surface area contributed by atoms with Crippen molar-refractivity contribution in [2.45, 2.75) is 40.2 Å². The summed E-state index contributed by atoms with van der Waals surface area (Å²) in [7, 11) is 1.84. The molecule has 0 aromatic rings. The van der Waals surface area contributed by atoms with E-state index in [4.69, 9.17) is 4.74 Å². The average Bonchev–Trinajstić information content (AvgIpc) is 2.46. The van der Waals surface area contributed by atoms with Gasteiger partial charge in [0, 0.05) is 39.3 Å². The minimum absolute atomic E-state index is 0.526. The molecule has 2 N–H and O–H groups in total. The van der Waals surface area contributed by atoms with Crippen molar-refractivity contribution in [1.29, 1.82) is 0 Å². The van der Waals surface area contributed by atoms with E-state index in [9.17, 15) is 0 Å². The lowest BCUT2D eigenvalue weighted by atomic mass is 10.0. The van der Waals surface area contributed by atoms with E-state index in [0.717, 1.165) is 51.8 Å². The molecule has 0 aliphatic carbocycles. The van der Waals surface area contributed by atoms with E-state index in [1.165, 1.54) is 0 Å². The van der Waals surface area contributed by atoms with Gasteiger partial charge in [-0.2, -0.15) is 0 Å². The third-order valence-electron chi connectivity index (χ3n) is 4.00. The highest BCUT2D eigenvalue weighted by Crippen LogP contribution is 2.12. The fraction of sp³-hybridized carbons (Fsp3) is 0.938. The van der Waals surface area contributed by atoms with E-state index in [1.807, 2.05) is 7.05 Å². The fourth-order valence-electron chi connectivity index (χ4n) is 2.60. The monoisotopic (exact) mass is 298 g/mol. The van der Waals surface area contributed by atoms with Gasteiger partial charge in [-0.25, -0.2) is 0 Å². The van der Waals surface area contributed by atoms with Gasteiger partial charge in [0.15, 0.2) is 5.96 Å². The highest BCUT2D eigenvalue weighted by atomic mass is 16.5. The summed E-state index contributed by atoms with van der Waals surface area (Å²) in [6, 6.07) is 0.526. The van der Waals surface area contributed by atoms with E-state index in [0.29, 0.717) is 17.9 Å². The quantitative estimate of drug-likeness (QED) is 0.553. The second-order valence-corrected chi connectivity index (χ2v) is 6.52. The Bertz CT molecular complexity index is 299. The Morgan fingerprint density at radius 3 is 2.33 bits per heavy atom. The molecule has 0 amide bonds. The van der Waals surface area contributed by atoms with Gasteiger partial charge >= 0.3 is 0 Å². The second kappa shape index (κ2) is 10.0. The van der Waals surface area contributed by atoms with Crippen LogP contribution in [0.15, 0.2) is 4.99 Å². The molecule has 1 aliphatic rings. The molecule has 5 nitrogen and oxygen atoms in total. The molecule has 1 atom stereocenters. The van der Waals surface area contributed by atoms with Crippen molar-refractivity contribution < 1.29 is 4.74 Å². The number of hydrogen-bond donors (Lipinski definition) is 2. The third-order valence-corrected chi connectivity index (χ3v) is 4.00. The number of guanidine groups is 1. The minimum atomic E-state index is 0.526. The van der Waals surface area contributed by atoms with Gasteiger partial charge < -0.3 is 15.4 Å². The smallest absolute Gasteiger partial charge is 0.191 e. The summed E-state index contributed by atoms with van der Waals surface area (Å²) in [4.78, 5) is 6.84. The van der Waals surface area contributed by atoms with Gasteiger partial charge in [0.25, 0.3) is 0 Å². The number of aliphatic imine (C=N–C) groups is 1. The second-order valence-electron chi connectivity index (χ2n) is 6.52. The number of nitrogens with zero attached hydrogens (tertiary/aromatic N) is 2. The third kappa shape index (κ3) is 7.14. The highest BCUT2D eigenvalue weighted by molar-refractivity contribution is 5.79. The molecule has 0 saturated carbocycles. The summed E-state index contributed by atoms with van der Waals surface area (Å²) >= 11 is 0. The molecule has 0 bridgehead atoms. The molecule has 0 spiro atoms. The van der Waals surface area contributed by atoms with E-state index in [2.05, 4.69) is 48.2 Å². The zero-order chi connectivity index (χ0) is 15.7. The van der Waals surface area contributed by atoms with Crippen molar-refractivity contribution >= 4 is 5.96 Å². The van der Waals surface area contributed by atoms with Gasteiger partial charge in [0.2, 0.25) is 0 Å². The van der Waals surface area contributed by atoms with Crippen LogP contribution in [0.25, 0.3) is 0 Å². The molecule has 5 heteroatoms. The molecule has 0 aromatic heterocycles. The van der Waals surface area contributed by atoms with Crippen LogP contribution in [0.5, 0.6) is 0 Å². The van der Waals surface area contributed by atoms with Gasteiger partial charge in [-0.15, -0.1) is 0 Å². The summed E-state index contributed by atoms with van der Waals surface area (Å²) in [6.07, 6.45) is 1.16. The zero-order valence-corrected chi connectivity index (χ0v) is 14.5. The van der Waals surface area contributed by atoms with Crippen molar-refractivity contribution in [3.05, 3.63) is 0 Å². The van der Waals surface area contributed by atoms with Crippen molar-refractivity contribution in [3.63, 3.8) is 0 Å². The van der Waals surface area contributed by atoms with Crippen molar-refractivity contribution in [3.8, 4) is 0 Å². The zero-order valence-electron chi connectivity index (χ0n) is 14.5. The number of rotatable bonds is 7. The topological polar surface area (TPSA) is 48.9 Å². The fourth-order valence-corrected chi connectivity index (χ4v) is 2.60. The number of morpholine rings is 1. The molecular weight excluding hydrogens is 264 g/mol. The van der Waals surface area contributed by atoms with Gasteiger partial charge in [0.1, 0.15) is 0 Å². The van der Waals surface area contributed by atoms with Crippen LogP contribution in [0.1, 0.15) is 34.1 Å². The van der Waals surface area contributed by atoms with E-state index >= 15 is 0 Å². The summed E-state index contributed by atoms with van der Waals surface area (Å²) in [5.41, 5.74) is 0. The van der Waals surface area contributed by atoms with Crippen LogP contribution < -0.4 is 10.6 Å². The standard InChI is InChI=1S/C16H34N4O/c1-13(2)6-7-18-16(17-5)19-12-15(14(3)4)20-8-10-21-11-9-20/h13-15H,6-12H2,1-5H3,(H2,17,18,19). The largest absolute Gasteiger partial charge is 0.379 e. The highest BCUT2D eigenvalue weighted by Gasteiger charge is 2.23. The van der Waals surface area contributed by atoms with Gasteiger partial charge in [0.05, 0.1) is 13.2 Å². The normalized spacial score (nSPS) is 19.1. The first-order chi connectivity index (χ1) is 10.0. The minimum Gasteiger partial charge on any atom is -0.379 e. The Hall–Kier alpha value is -0.810. The molecule has 21 heavy (non-hydrogen) atoms.